The van der Waals surface area contributed by atoms with Crippen LogP contribution in [0.4, 0.5) is 0 Å². The third-order valence-electron chi connectivity index (χ3n) is 5.11. The zero-order chi connectivity index (χ0) is 18.4. The summed E-state index contributed by atoms with van der Waals surface area (Å²) in [5, 5.41) is 9.52. The van der Waals surface area contributed by atoms with Crippen LogP contribution in [0.25, 0.3) is 0 Å². The number of aliphatic hydroxyl groups excluding tert-OH is 1. The van der Waals surface area contributed by atoms with Crippen LogP contribution >= 0.6 is 0 Å². The molecule has 2 aromatic rings. The van der Waals surface area contributed by atoms with Crippen LogP contribution in [0.3, 0.4) is 0 Å². The van der Waals surface area contributed by atoms with Crippen LogP contribution in [0.15, 0.2) is 42.6 Å². The maximum atomic E-state index is 9.52. The molecule has 0 bridgehead atoms. The van der Waals surface area contributed by atoms with E-state index >= 15 is 0 Å². The van der Waals surface area contributed by atoms with Crippen LogP contribution in [0, 0.1) is 6.92 Å². The number of piperazine rings is 1. The lowest BCUT2D eigenvalue weighted by Gasteiger charge is -2.41. The third kappa shape index (κ3) is 4.81. The van der Waals surface area contributed by atoms with Crippen LogP contribution in [0.2, 0.25) is 0 Å². The van der Waals surface area contributed by atoms with Crippen molar-refractivity contribution >= 4 is 0 Å². The summed E-state index contributed by atoms with van der Waals surface area (Å²) in [6, 6.07) is 12.8. The number of nitrogens with zero attached hydrogens (tertiary/aromatic N) is 3. The molecule has 5 nitrogen and oxygen atoms in total. The summed E-state index contributed by atoms with van der Waals surface area (Å²) in [7, 11) is 1.71. The SMILES string of the molecule is COc1ccc(CN2CCN(Cc3ccccn3)CC2CCO)cc1C. The molecule has 0 amide bonds. The number of hydrogen-bond acceptors (Lipinski definition) is 5. The number of ether oxygens (including phenoxy) is 1. The molecule has 0 spiro atoms. The molecule has 0 radical (unpaired) electrons. The van der Waals surface area contributed by atoms with Crippen LogP contribution < -0.4 is 4.74 Å². The number of aliphatic hydroxyl groups is 1. The van der Waals surface area contributed by atoms with Crippen LogP contribution in [0.1, 0.15) is 23.2 Å². The molecular formula is C21H29N3O2. The lowest BCUT2D eigenvalue weighted by Crippen LogP contribution is -2.52. The molecule has 1 aromatic carbocycles. The highest BCUT2D eigenvalue weighted by atomic mass is 16.5. The van der Waals surface area contributed by atoms with Crippen molar-refractivity contribution in [2.75, 3.05) is 33.4 Å². The van der Waals surface area contributed by atoms with Crippen molar-refractivity contribution in [3.8, 4) is 5.75 Å². The van der Waals surface area contributed by atoms with Gasteiger partial charge in [-0.3, -0.25) is 14.8 Å². The Labute approximate surface area is 156 Å². The Morgan fingerprint density at radius 3 is 2.77 bits per heavy atom. The summed E-state index contributed by atoms with van der Waals surface area (Å²) in [5.74, 6) is 0.931. The third-order valence-corrected chi connectivity index (χ3v) is 5.11. The maximum Gasteiger partial charge on any atom is 0.121 e. The molecule has 1 N–H and O–H groups in total. The van der Waals surface area contributed by atoms with Gasteiger partial charge >= 0.3 is 0 Å². The van der Waals surface area contributed by atoms with Crippen LogP contribution in [-0.2, 0) is 13.1 Å². The summed E-state index contributed by atoms with van der Waals surface area (Å²) in [6.45, 7) is 7.08. The van der Waals surface area contributed by atoms with E-state index in [9.17, 15) is 5.11 Å². The van der Waals surface area contributed by atoms with E-state index < -0.39 is 0 Å². The van der Waals surface area contributed by atoms with Gasteiger partial charge in [-0.1, -0.05) is 18.2 Å². The van der Waals surface area contributed by atoms with E-state index in [1.807, 2.05) is 24.4 Å². The molecule has 5 heteroatoms. The minimum atomic E-state index is 0.222. The Hall–Kier alpha value is -1.95. The summed E-state index contributed by atoms with van der Waals surface area (Å²) in [4.78, 5) is 9.38. The Morgan fingerprint density at radius 2 is 2.08 bits per heavy atom. The molecule has 2 heterocycles. The molecular weight excluding hydrogens is 326 g/mol. The predicted octanol–water partition coefficient (Wildman–Crippen LogP) is 2.47. The fourth-order valence-corrected chi connectivity index (χ4v) is 3.73. The highest BCUT2D eigenvalue weighted by Crippen LogP contribution is 2.22. The number of hydrogen-bond donors (Lipinski definition) is 1. The summed E-state index contributed by atoms with van der Waals surface area (Å²) < 4.78 is 5.36. The molecule has 1 aliphatic heterocycles. The second kappa shape index (κ2) is 9.12. The van der Waals surface area contributed by atoms with Gasteiger partial charge in [0.05, 0.1) is 12.8 Å². The lowest BCUT2D eigenvalue weighted by atomic mass is 10.1. The largest absolute Gasteiger partial charge is 0.496 e. The maximum absolute atomic E-state index is 9.52. The number of aromatic nitrogens is 1. The minimum Gasteiger partial charge on any atom is -0.496 e. The number of rotatable bonds is 7. The van der Waals surface area contributed by atoms with Crippen molar-refractivity contribution in [3.05, 3.63) is 59.4 Å². The van der Waals surface area contributed by atoms with Crippen LogP contribution in [0.5, 0.6) is 5.75 Å². The van der Waals surface area contributed by atoms with Crippen molar-refractivity contribution in [3.63, 3.8) is 0 Å². The topological polar surface area (TPSA) is 48.8 Å². The molecule has 26 heavy (non-hydrogen) atoms. The number of pyridine rings is 1. The molecule has 3 rings (SSSR count). The smallest absolute Gasteiger partial charge is 0.121 e. The highest BCUT2D eigenvalue weighted by Gasteiger charge is 2.26. The van der Waals surface area contributed by atoms with E-state index in [1.165, 1.54) is 5.56 Å². The summed E-state index contributed by atoms with van der Waals surface area (Å²) >= 11 is 0. The molecule has 0 aliphatic carbocycles. The van der Waals surface area contributed by atoms with Crippen molar-refractivity contribution in [1.29, 1.82) is 0 Å². The second-order valence-electron chi connectivity index (χ2n) is 7.00. The van der Waals surface area contributed by atoms with Gasteiger partial charge in [0.25, 0.3) is 0 Å². The van der Waals surface area contributed by atoms with Gasteiger partial charge in [-0.25, -0.2) is 0 Å². The normalized spacial score (nSPS) is 18.8. The van der Waals surface area contributed by atoms with E-state index in [0.717, 1.165) is 56.2 Å². The van der Waals surface area contributed by atoms with E-state index in [1.54, 1.807) is 7.11 Å². The summed E-state index contributed by atoms with van der Waals surface area (Å²) in [5.41, 5.74) is 3.57. The number of aryl methyl sites for hydroxylation is 1. The highest BCUT2D eigenvalue weighted by molar-refractivity contribution is 5.36. The van der Waals surface area contributed by atoms with Crippen molar-refractivity contribution in [2.24, 2.45) is 0 Å². The van der Waals surface area contributed by atoms with Gasteiger partial charge in [-0.2, -0.15) is 0 Å². The fraction of sp³-hybridized carbons (Fsp3) is 0.476. The molecule has 1 aromatic heterocycles. The first-order valence-corrected chi connectivity index (χ1v) is 9.30. The Balaban J connectivity index is 1.63. The van der Waals surface area contributed by atoms with Crippen LogP contribution in [-0.4, -0.2) is 59.3 Å². The molecule has 1 unspecified atom stereocenters. The second-order valence-corrected chi connectivity index (χ2v) is 7.00. The number of benzene rings is 1. The first-order chi connectivity index (χ1) is 12.7. The molecule has 0 saturated carbocycles. The molecule has 1 aliphatic rings. The zero-order valence-corrected chi connectivity index (χ0v) is 15.8. The van der Waals surface area contributed by atoms with Crippen molar-refractivity contribution < 1.29 is 9.84 Å². The first-order valence-electron chi connectivity index (χ1n) is 9.30. The standard InChI is InChI=1S/C21H29N3O2/c1-17-13-18(6-7-21(17)26-2)14-24-11-10-23(16-20(24)8-12-25)15-19-5-3-4-9-22-19/h3-7,9,13,20,25H,8,10-12,14-16H2,1-2H3. The van der Waals surface area contributed by atoms with E-state index in [2.05, 4.69) is 39.9 Å². The van der Waals surface area contributed by atoms with E-state index in [-0.39, 0.29) is 6.61 Å². The lowest BCUT2D eigenvalue weighted by molar-refractivity contribution is 0.0494. The Kier molecular flexibility index (Phi) is 6.61. The van der Waals surface area contributed by atoms with Gasteiger partial charge in [0.2, 0.25) is 0 Å². The Morgan fingerprint density at radius 1 is 1.19 bits per heavy atom. The van der Waals surface area contributed by atoms with Crippen molar-refractivity contribution in [1.82, 2.24) is 14.8 Å². The molecule has 1 atom stereocenters. The number of methoxy groups -OCH3 is 1. The van der Waals surface area contributed by atoms with Gasteiger partial charge < -0.3 is 9.84 Å². The fourth-order valence-electron chi connectivity index (χ4n) is 3.73. The zero-order valence-electron chi connectivity index (χ0n) is 15.8. The average Bonchev–Trinajstić information content (AvgIpc) is 2.65. The first kappa shape index (κ1) is 18.8. The minimum absolute atomic E-state index is 0.222. The van der Waals surface area contributed by atoms with Gasteiger partial charge in [0.1, 0.15) is 5.75 Å². The van der Waals surface area contributed by atoms with Gasteiger partial charge in [0.15, 0.2) is 0 Å². The van der Waals surface area contributed by atoms with Crippen molar-refractivity contribution in [2.45, 2.75) is 32.5 Å². The van der Waals surface area contributed by atoms with E-state index in [0.29, 0.717) is 6.04 Å². The summed E-state index contributed by atoms with van der Waals surface area (Å²) in [6.07, 6.45) is 2.65. The van der Waals surface area contributed by atoms with Gasteiger partial charge in [-0.15, -0.1) is 0 Å². The van der Waals surface area contributed by atoms with Gasteiger partial charge in [0, 0.05) is 51.6 Å². The molecule has 1 saturated heterocycles. The van der Waals surface area contributed by atoms with Gasteiger partial charge in [-0.05, 0) is 42.7 Å². The quantitative estimate of drug-likeness (QED) is 0.827. The predicted molar refractivity (Wildman–Crippen MR) is 103 cm³/mol. The van der Waals surface area contributed by atoms with E-state index in [4.69, 9.17) is 4.74 Å². The molecule has 140 valence electrons. The molecule has 1 fully saturated rings. The Bertz CT molecular complexity index is 693. The average molecular weight is 355 g/mol. The monoisotopic (exact) mass is 355 g/mol.